The molecule has 0 saturated heterocycles. The molecule has 0 saturated carbocycles. The topological polar surface area (TPSA) is 62.4 Å². The second-order valence-corrected chi connectivity index (χ2v) is 5.47. The Morgan fingerprint density at radius 3 is 2.71 bits per heavy atom. The van der Waals surface area contributed by atoms with Crippen molar-refractivity contribution in [1.82, 2.24) is 15.1 Å². The lowest BCUT2D eigenvalue weighted by Gasteiger charge is -2.17. The second-order valence-electron chi connectivity index (χ2n) is 4.62. The molecule has 2 aromatic rings. The molecule has 0 unspecified atom stereocenters. The summed E-state index contributed by atoms with van der Waals surface area (Å²) >= 11 is 12.0. The van der Waals surface area contributed by atoms with Gasteiger partial charge in [0, 0.05) is 11.6 Å². The fourth-order valence-corrected chi connectivity index (χ4v) is 2.50. The van der Waals surface area contributed by atoms with E-state index in [0.29, 0.717) is 40.5 Å². The van der Waals surface area contributed by atoms with Crippen molar-refractivity contribution in [2.45, 2.75) is 19.9 Å². The highest BCUT2D eigenvalue weighted by Gasteiger charge is 2.14. The van der Waals surface area contributed by atoms with Gasteiger partial charge in [-0.1, -0.05) is 30.1 Å². The third-order valence-electron chi connectivity index (χ3n) is 2.94. The highest BCUT2D eigenvalue weighted by molar-refractivity contribution is 6.36. The van der Waals surface area contributed by atoms with E-state index in [1.54, 1.807) is 18.2 Å². The first-order valence-corrected chi connectivity index (χ1v) is 7.50. The first-order chi connectivity index (χ1) is 10.1. The Kier molecular flexibility index (Phi) is 5.99. The smallest absolute Gasteiger partial charge is 0.249 e. The summed E-state index contributed by atoms with van der Waals surface area (Å²) in [5.74, 6) is 0.866. The average Bonchev–Trinajstić information content (AvgIpc) is 2.87. The molecule has 0 radical (unpaired) electrons. The van der Waals surface area contributed by atoms with Crippen LogP contribution in [0.4, 0.5) is 0 Å². The summed E-state index contributed by atoms with van der Waals surface area (Å²) in [6, 6.07) is 5.11. The van der Waals surface area contributed by atoms with E-state index in [0.717, 1.165) is 13.0 Å². The van der Waals surface area contributed by atoms with E-state index in [1.165, 1.54) is 0 Å². The molecule has 0 aliphatic rings. The molecule has 1 aromatic heterocycles. The van der Waals surface area contributed by atoms with Crippen molar-refractivity contribution in [2.24, 2.45) is 0 Å². The van der Waals surface area contributed by atoms with Crippen LogP contribution in [0.15, 0.2) is 22.6 Å². The van der Waals surface area contributed by atoms with E-state index in [2.05, 4.69) is 22.0 Å². The molecule has 0 bridgehead atoms. The van der Waals surface area contributed by atoms with Crippen LogP contribution in [0, 0.1) is 0 Å². The molecule has 1 N–H and O–H groups in total. The van der Waals surface area contributed by atoms with Gasteiger partial charge in [0.15, 0.2) is 0 Å². The number of aliphatic hydroxyl groups excluding tert-OH is 1. The number of nitrogens with zero attached hydrogens (tertiary/aromatic N) is 3. The highest BCUT2D eigenvalue weighted by atomic mass is 35.5. The van der Waals surface area contributed by atoms with Crippen LogP contribution in [0.3, 0.4) is 0 Å². The van der Waals surface area contributed by atoms with Gasteiger partial charge in [0.2, 0.25) is 11.8 Å². The first kappa shape index (κ1) is 16.2. The number of hydrogen-bond donors (Lipinski definition) is 1. The van der Waals surface area contributed by atoms with Crippen LogP contribution >= 0.6 is 23.2 Å². The molecule has 0 fully saturated rings. The molecule has 2 rings (SSSR count). The fraction of sp³-hybridized carbons (Fsp3) is 0.429. The predicted octanol–water partition coefficient (Wildman–Crippen LogP) is 3.25. The lowest BCUT2D eigenvalue weighted by molar-refractivity contribution is 0.179. The van der Waals surface area contributed by atoms with Gasteiger partial charge in [0.25, 0.3) is 0 Å². The summed E-state index contributed by atoms with van der Waals surface area (Å²) in [6.45, 7) is 4.13. The maximum atomic E-state index is 9.05. The third-order valence-corrected chi connectivity index (χ3v) is 3.49. The standard InChI is InChI=1S/C14H17Cl2N3O2/c1-2-5-19(6-7-20)9-13-17-18-14(21-13)11-4-3-10(15)8-12(11)16/h3-4,8,20H,2,5-7,9H2,1H3. The van der Waals surface area contributed by atoms with Crippen molar-refractivity contribution in [2.75, 3.05) is 19.7 Å². The molecular formula is C14H17Cl2N3O2. The van der Waals surface area contributed by atoms with Crippen molar-refractivity contribution < 1.29 is 9.52 Å². The Morgan fingerprint density at radius 1 is 1.24 bits per heavy atom. The average molecular weight is 330 g/mol. The summed E-state index contributed by atoms with van der Waals surface area (Å²) in [6.07, 6.45) is 0.990. The van der Waals surface area contributed by atoms with Gasteiger partial charge in [-0.3, -0.25) is 4.90 Å². The van der Waals surface area contributed by atoms with E-state index in [9.17, 15) is 0 Å². The highest BCUT2D eigenvalue weighted by Crippen LogP contribution is 2.29. The molecule has 0 aliphatic heterocycles. The summed E-state index contributed by atoms with van der Waals surface area (Å²) in [4.78, 5) is 2.06. The number of benzene rings is 1. The van der Waals surface area contributed by atoms with Gasteiger partial charge >= 0.3 is 0 Å². The van der Waals surface area contributed by atoms with Crippen LogP contribution in [0.1, 0.15) is 19.2 Å². The van der Waals surface area contributed by atoms with Crippen molar-refractivity contribution in [1.29, 1.82) is 0 Å². The summed E-state index contributed by atoms with van der Waals surface area (Å²) in [5.41, 5.74) is 0.656. The van der Waals surface area contributed by atoms with Crippen LogP contribution in [-0.4, -0.2) is 39.9 Å². The van der Waals surface area contributed by atoms with Gasteiger partial charge in [-0.15, -0.1) is 10.2 Å². The molecule has 1 aromatic carbocycles. The quantitative estimate of drug-likeness (QED) is 0.844. The van der Waals surface area contributed by atoms with E-state index < -0.39 is 0 Å². The normalized spacial score (nSPS) is 11.3. The number of halogens is 2. The summed E-state index contributed by atoms with van der Waals surface area (Å²) in [7, 11) is 0. The Morgan fingerprint density at radius 2 is 2.05 bits per heavy atom. The van der Waals surface area contributed by atoms with Gasteiger partial charge in [0.05, 0.1) is 23.7 Å². The number of rotatable bonds is 7. The maximum absolute atomic E-state index is 9.05. The Hall–Kier alpha value is -1.14. The van der Waals surface area contributed by atoms with E-state index in [-0.39, 0.29) is 6.61 Å². The van der Waals surface area contributed by atoms with Crippen molar-refractivity contribution >= 4 is 23.2 Å². The van der Waals surface area contributed by atoms with Crippen LogP contribution < -0.4 is 0 Å². The van der Waals surface area contributed by atoms with Crippen molar-refractivity contribution in [3.8, 4) is 11.5 Å². The molecule has 21 heavy (non-hydrogen) atoms. The van der Waals surface area contributed by atoms with Gasteiger partial charge in [-0.25, -0.2) is 0 Å². The molecule has 7 heteroatoms. The fourth-order valence-electron chi connectivity index (χ4n) is 2.01. The zero-order chi connectivity index (χ0) is 15.2. The molecular weight excluding hydrogens is 313 g/mol. The minimum atomic E-state index is 0.101. The van der Waals surface area contributed by atoms with Crippen molar-refractivity contribution in [3.63, 3.8) is 0 Å². The number of aromatic nitrogens is 2. The lowest BCUT2D eigenvalue weighted by Crippen LogP contribution is -2.27. The lowest BCUT2D eigenvalue weighted by atomic mass is 10.2. The van der Waals surface area contributed by atoms with Crippen LogP contribution in [0.5, 0.6) is 0 Å². The molecule has 0 amide bonds. The summed E-state index contributed by atoms with van der Waals surface area (Å²) < 4.78 is 5.64. The van der Waals surface area contributed by atoms with E-state index in [1.807, 2.05) is 0 Å². The molecule has 114 valence electrons. The molecule has 5 nitrogen and oxygen atoms in total. The van der Waals surface area contributed by atoms with Crippen LogP contribution in [-0.2, 0) is 6.54 Å². The Bertz CT molecular complexity index is 583. The minimum absolute atomic E-state index is 0.101. The Labute approximate surface area is 133 Å². The maximum Gasteiger partial charge on any atom is 0.249 e. The number of hydrogen-bond acceptors (Lipinski definition) is 5. The minimum Gasteiger partial charge on any atom is -0.419 e. The van der Waals surface area contributed by atoms with E-state index >= 15 is 0 Å². The van der Waals surface area contributed by atoms with Gasteiger partial charge < -0.3 is 9.52 Å². The Balaban J connectivity index is 2.13. The monoisotopic (exact) mass is 329 g/mol. The first-order valence-electron chi connectivity index (χ1n) is 6.75. The predicted molar refractivity (Wildman–Crippen MR) is 82.4 cm³/mol. The largest absolute Gasteiger partial charge is 0.419 e. The molecule has 0 spiro atoms. The molecule has 0 atom stereocenters. The third kappa shape index (κ3) is 4.41. The zero-order valence-corrected chi connectivity index (χ0v) is 13.2. The second kappa shape index (κ2) is 7.75. The van der Waals surface area contributed by atoms with Gasteiger partial charge in [0.1, 0.15) is 0 Å². The summed E-state index contributed by atoms with van der Waals surface area (Å²) in [5, 5.41) is 18.1. The molecule has 1 heterocycles. The molecule has 0 aliphatic carbocycles. The van der Waals surface area contributed by atoms with Gasteiger partial charge in [-0.2, -0.15) is 0 Å². The van der Waals surface area contributed by atoms with Crippen LogP contribution in [0.25, 0.3) is 11.5 Å². The SMILES string of the molecule is CCCN(CCO)Cc1nnc(-c2ccc(Cl)cc2Cl)o1. The van der Waals surface area contributed by atoms with Crippen molar-refractivity contribution in [3.05, 3.63) is 34.1 Å². The number of aliphatic hydroxyl groups is 1. The van der Waals surface area contributed by atoms with Crippen LogP contribution in [0.2, 0.25) is 10.0 Å². The zero-order valence-electron chi connectivity index (χ0n) is 11.7. The van der Waals surface area contributed by atoms with E-state index in [4.69, 9.17) is 32.7 Å². The van der Waals surface area contributed by atoms with Gasteiger partial charge in [-0.05, 0) is 31.2 Å².